The Morgan fingerprint density at radius 1 is 1.25 bits per heavy atom. The summed E-state index contributed by atoms with van der Waals surface area (Å²) in [6.07, 6.45) is 4.19. The lowest BCUT2D eigenvalue weighted by atomic mass is 9.89. The van der Waals surface area contributed by atoms with Crippen molar-refractivity contribution in [2.45, 2.75) is 52.5 Å². The molecule has 0 aliphatic carbocycles. The van der Waals surface area contributed by atoms with Gasteiger partial charge in [0.05, 0.1) is 0 Å². The number of hydrogen-bond acceptors (Lipinski definition) is 2. The van der Waals surface area contributed by atoms with Gasteiger partial charge in [-0.1, -0.05) is 13.8 Å². The molecule has 0 spiro atoms. The van der Waals surface area contributed by atoms with Crippen LogP contribution in [0.5, 0.6) is 0 Å². The fourth-order valence-electron chi connectivity index (χ4n) is 2.64. The molecule has 0 aromatic heterocycles. The third-order valence-electron chi connectivity index (χ3n) is 4.10. The normalized spacial score (nSPS) is 24.8. The van der Waals surface area contributed by atoms with Gasteiger partial charge in [0, 0.05) is 12.1 Å². The number of nitrogens with zero attached hydrogens (tertiary/aromatic N) is 1. The molecule has 1 aliphatic rings. The SMILES string of the molecule is CNC(C)(C)CN1CCCC(C(C)C)CC1. The highest BCUT2D eigenvalue weighted by molar-refractivity contribution is 4.82. The molecule has 0 radical (unpaired) electrons. The molecule has 96 valence electrons. The second kappa shape index (κ2) is 6.02. The minimum Gasteiger partial charge on any atom is -0.314 e. The van der Waals surface area contributed by atoms with E-state index >= 15 is 0 Å². The van der Waals surface area contributed by atoms with Gasteiger partial charge in [0.1, 0.15) is 0 Å². The summed E-state index contributed by atoms with van der Waals surface area (Å²) in [5, 5.41) is 3.40. The minimum absolute atomic E-state index is 0.248. The molecular formula is C14H30N2. The molecule has 16 heavy (non-hydrogen) atoms. The third kappa shape index (κ3) is 4.42. The van der Waals surface area contributed by atoms with E-state index in [1.165, 1.54) is 38.9 Å². The van der Waals surface area contributed by atoms with Crippen LogP contribution in [0.2, 0.25) is 0 Å². The van der Waals surface area contributed by atoms with Gasteiger partial charge in [-0.25, -0.2) is 0 Å². The van der Waals surface area contributed by atoms with E-state index in [9.17, 15) is 0 Å². The fraction of sp³-hybridized carbons (Fsp3) is 1.00. The zero-order chi connectivity index (χ0) is 12.2. The number of likely N-dealkylation sites (N-methyl/N-ethyl adjacent to an activating group) is 1. The van der Waals surface area contributed by atoms with Crippen LogP contribution in [0.3, 0.4) is 0 Å². The van der Waals surface area contributed by atoms with E-state index in [1.807, 2.05) is 0 Å². The molecule has 1 aliphatic heterocycles. The van der Waals surface area contributed by atoms with Crippen molar-refractivity contribution in [3.05, 3.63) is 0 Å². The average molecular weight is 226 g/mol. The van der Waals surface area contributed by atoms with Crippen molar-refractivity contribution in [3.63, 3.8) is 0 Å². The van der Waals surface area contributed by atoms with Gasteiger partial charge < -0.3 is 10.2 Å². The van der Waals surface area contributed by atoms with Gasteiger partial charge in [0.25, 0.3) is 0 Å². The van der Waals surface area contributed by atoms with Crippen molar-refractivity contribution in [2.24, 2.45) is 11.8 Å². The molecule has 0 aromatic rings. The van der Waals surface area contributed by atoms with Crippen LogP contribution in [-0.4, -0.2) is 37.1 Å². The molecule has 1 unspecified atom stereocenters. The smallest absolute Gasteiger partial charge is 0.0249 e. The first kappa shape index (κ1) is 14.0. The maximum Gasteiger partial charge on any atom is 0.0249 e. The van der Waals surface area contributed by atoms with E-state index in [0.717, 1.165) is 11.8 Å². The van der Waals surface area contributed by atoms with E-state index in [4.69, 9.17) is 0 Å². The lowest BCUT2D eigenvalue weighted by molar-refractivity contribution is 0.208. The Labute approximate surface area is 102 Å². The van der Waals surface area contributed by atoms with Gasteiger partial charge in [0.15, 0.2) is 0 Å². The van der Waals surface area contributed by atoms with Crippen LogP contribution < -0.4 is 5.32 Å². The van der Waals surface area contributed by atoms with Crippen LogP contribution in [0.1, 0.15) is 47.0 Å². The Morgan fingerprint density at radius 3 is 2.50 bits per heavy atom. The van der Waals surface area contributed by atoms with Crippen molar-refractivity contribution >= 4 is 0 Å². The molecule has 2 nitrogen and oxygen atoms in total. The van der Waals surface area contributed by atoms with Crippen LogP contribution >= 0.6 is 0 Å². The summed E-state index contributed by atoms with van der Waals surface area (Å²) in [4.78, 5) is 2.64. The number of nitrogens with one attached hydrogen (secondary N) is 1. The molecule has 0 bridgehead atoms. The lowest BCUT2D eigenvalue weighted by Gasteiger charge is -2.32. The molecule has 1 N–H and O–H groups in total. The number of hydrogen-bond donors (Lipinski definition) is 1. The third-order valence-corrected chi connectivity index (χ3v) is 4.10. The van der Waals surface area contributed by atoms with Crippen molar-refractivity contribution in [1.82, 2.24) is 10.2 Å². The molecule has 1 atom stereocenters. The molecule has 1 saturated heterocycles. The van der Waals surface area contributed by atoms with Gasteiger partial charge in [0.2, 0.25) is 0 Å². The molecule has 0 amide bonds. The van der Waals surface area contributed by atoms with Gasteiger partial charge in [-0.15, -0.1) is 0 Å². The predicted octanol–water partition coefficient (Wildman–Crippen LogP) is 2.74. The highest BCUT2D eigenvalue weighted by atomic mass is 15.2. The Balaban J connectivity index is 2.41. The first-order valence-corrected chi connectivity index (χ1v) is 6.86. The quantitative estimate of drug-likeness (QED) is 0.793. The standard InChI is InChI=1S/C14H30N2/c1-12(2)13-7-6-9-16(10-8-13)11-14(3,4)15-5/h12-13,15H,6-11H2,1-5H3. The van der Waals surface area contributed by atoms with Crippen molar-refractivity contribution in [1.29, 1.82) is 0 Å². The maximum atomic E-state index is 3.40. The summed E-state index contributed by atoms with van der Waals surface area (Å²) in [6.45, 7) is 13.1. The van der Waals surface area contributed by atoms with Gasteiger partial charge in [-0.3, -0.25) is 0 Å². The van der Waals surface area contributed by atoms with Crippen LogP contribution in [0.25, 0.3) is 0 Å². The first-order valence-electron chi connectivity index (χ1n) is 6.86. The van der Waals surface area contributed by atoms with Crippen molar-refractivity contribution in [2.75, 3.05) is 26.7 Å². The summed E-state index contributed by atoms with van der Waals surface area (Å²) >= 11 is 0. The summed E-state index contributed by atoms with van der Waals surface area (Å²) < 4.78 is 0. The maximum absolute atomic E-state index is 3.40. The molecule has 0 saturated carbocycles. The summed E-state index contributed by atoms with van der Waals surface area (Å²) in [5.74, 6) is 1.81. The van der Waals surface area contributed by atoms with E-state index in [2.05, 4.69) is 45.0 Å². The van der Waals surface area contributed by atoms with Crippen LogP contribution in [-0.2, 0) is 0 Å². The van der Waals surface area contributed by atoms with E-state index in [1.54, 1.807) is 0 Å². The Hall–Kier alpha value is -0.0800. The zero-order valence-electron chi connectivity index (χ0n) is 11.8. The Bertz CT molecular complexity index is 199. The second-order valence-electron chi connectivity index (χ2n) is 6.35. The molecule has 1 rings (SSSR count). The monoisotopic (exact) mass is 226 g/mol. The van der Waals surface area contributed by atoms with Crippen LogP contribution in [0, 0.1) is 11.8 Å². The predicted molar refractivity (Wildman–Crippen MR) is 71.8 cm³/mol. The summed E-state index contributed by atoms with van der Waals surface area (Å²) in [7, 11) is 2.06. The Kier molecular flexibility index (Phi) is 5.26. The highest BCUT2D eigenvalue weighted by Gasteiger charge is 2.23. The van der Waals surface area contributed by atoms with E-state index < -0.39 is 0 Å². The molecule has 2 heteroatoms. The fourth-order valence-corrected chi connectivity index (χ4v) is 2.64. The first-order chi connectivity index (χ1) is 7.44. The van der Waals surface area contributed by atoms with Crippen LogP contribution in [0.15, 0.2) is 0 Å². The zero-order valence-corrected chi connectivity index (χ0v) is 11.8. The molecule has 0 aromatic carbocycles. The largest absolute Gasteiger partial charge is 0.314 e. The average Bonchev–Trinajstić information content (AvgIpc) is 2.43. The van der Waals surface area contributed by atoms with E-state index in [0.29, 0.717) is 0 Å². The van der Waals surface area contributed by atoms with Gasteiger partial charge in [-0.05, 0) is 65.1 Å². The molecule has 1 fully saturated rings. The van der Waals surface area contributed by atoms with Crippen LogP contribution in [0.4, 0.5) is 0 Å². The van der Waals surface area contributed by atoms with Crippen molar-refractivity contribution in [3.8, 4) is 0 Å². The van der Waals surface area contributed by atoms with Crippen molar-refractivity contribution < 1.29 is 0 Å². The summed E-state index contributed by atoms with van der Waals surface area (Å²) in [5.41, 5.74) is 0.248. The highest BCUT2D eigenvalue weighted by Crippen LogP contribution is 2.25. The lowest BCUT2D eigenvalue weighted by Crippen LogP contribution is -2.47. The topological polar surface area (TPSA) is 15.3 Å². The van der Waals surface area contributed by atoms with E-state index in [-0.39, 0.29) is 5.54 Å². The molecular weight excluding hydrogens is 196 g/mol. The second-order valence-corrected chi connectivity index (χ2v) is 6.35. The number of likely N-dealkylation sites (tertiary alicyclic amines) is 1. The number of rotatable bonds is 4. The molecule has 1 heterocycles. The summed E-state index contributed by atoms with van der Waals surface area (Å²) in [6, 6.07) is 0. The Morgan fingerprint density at radius 2 is 1.94 bits per heavy atom. The minimum atomic E-state index is 0.248. The van der Waals surface area contributed by atoms with Gasteiger partial charge in [-0.2, -0.15) is 0 Å². The van der Waals surface area contributed by atoms with Gasteiger partial charge >= 0.3 is 0 Å².